The van der Waals surface area contributed by atoms with Crippen molar-refractivity contribution >= 4 is 76.2 Å². The summed E-state index contributed by atoms with van der Waals surface area (Å²) in [6.45, 7) is 9.03. The number of carbonyl (C=O) groups is 3. The monoisotopic (exact) mass is 946 g/mol. The van der Waals surface area contributed by atoms with E-state index >= 15 is 0 Å². The van der Waals surface area contributed by atoms with Crippen LogP contribution in [0.15, 0.2) is 36.4 Å². The molecular formula is C47H65Cl3N6O4S2. The molecule has 4 aromatic rings. The molecule has 6 heterocycles. The van der Waals surface area contributed by atoms with E-state index in [9.17, 15) is 14.4 Å². The molecule has 2 saturated carbocycles. The van der Waals surface area contributed by atoms with Gasteiger partial charge in [0.2, 0.25) is 11.8 Å². The van der Waals surface area contributed by atoms with Gasteiger partial charge in [0.25, 0.3) is 0 Å². The predicted molar refractivity (Wildman–Crippen MR) is 254 cm³/mol. The number of thiophene rings is 2. The standard InChI is InChI=1S/C26H36ClN3O3S.C21H28ClN3OS.ClH/c1-26(2,3)33-25(32)29-15-13-18(14-16-29)22-17-20(9-10-21-11-12-23(27)34-21)30(28-22)24(31)19-7-5-4-6-8-19;22-20-9-8-18(27-20)7-6-17-14-19(15-10-12-23-13-11-15)24-25(17)21(26)16-4-2-1-3-5-16;/h11-12,17-19H,4-10,13-16H2,1-3H3;8-9,14-16,23H,1-7,10-13H2;1H. The van der Waals surface area contributed by atoms with E-state index in [1.54, 1.807) is 36.9 Å². The van der Waals surface area contributed by atoms with Crippen molar-refractivity contribution in [3.8, 4) is 0 Å². The fourth-order valence-corrected chi connectivity index (χ4v) is 11.5. The molecule has 0 radical (unpaired) electrons. The Kier molecular flexibility index (Phi) is 18.0. The van der Waals surface area contributed by atoms with Crippen molar-refractivity contribution in [2.75, 3.05) is 26.2 Å². The smallest absolute Gasteiger partial charge is 0.410 e. The number of nitrogens with one attached hydrogen (secondary N) is 1. The van der Waals surface area contributed by atoms with Gasteiger partial charge in [-0.3, -0.25) is 9.59 Å². The number of hydrogen-bond acceptors (Lipinski definition) is 9. The van der Waals surface area contributed by atoms with Gasteiger partial charge in [-0.05, 0) is 147 Å². The van der Waals surface area contributed by atoms with Crippen LogP contribution in [0.2, 0.25) is 8.67 Å². The normalized spacial score (nSPS) is 18.5. The van der Waals surface area contributed by atoms with Crippen molar-refractivity contribution in [1.29, 1.82) is 0 Å². The maximum absolute atomic E-state index is 13.4. The van der Waals surface area contributed by atoms with Gasteiger partial charge in [0.1, 0.15) is 5.60 Å². The Morgan fingerprint density at radius 1 is 0.661 bits per heavy atom. The highest BCUT2D eigenvalue weighted by atomic mass is 35.5. The van der Waals surface area contributed by atoms with Crippen molar-refractivity contribution in [3.05, 3.63) is 77.6 Å². The largest absolute Gasteiger partial charge is 0.444 e. The summed E-state index contributed by atoms with van der Waals surface area (Å²) < 4.78 is 10.6. The summed E-state index contributed by atoms with van der Waals surface area (Å²) in [5, 5.41) is 13.1. The summed E-state index contributed by atoms with van der Waals surface area (Å²) in [6.07, 6.45) is 18.0. The number of piperidine rings is 2. The Hall–Kier alpha value is -2.74. The van der Waals surface area contributed by atoms with Gasteiger partial charge in [-0.15, -0.1) is 35.1 Å². The summed E-state index contributed by atoms with van der Waals surface area (Å²) in [6, 6.07) is 12.4. The van der Waals surface area contributed by atoms with Gasteiger partial charge in [0.05, 0.1) is 20.1 Å². The Morgan fingerprint density at radius 2 is 1.10 bits per heavy atom. The first kappa shape index (κ1) is 48.7. The van der Waals surface area contributed by atoms with Crippen molar-refractivity contribution in [2.24, 2.45) is 11.8 Å². The molecule has 0 aromatic carbocycles. The quantitative estimate of drug-likeness (QED) is 0.168. The molecule has 62 heavy (non-hydrogen) atoms. The lowest BCUT2D eigenvalue weighted by molar-refractivity contribution is 0.0204. The van der Waals surface area contributed by atoms with Gasteiger partial charge in [-0.2, -0.15) is 10.2 Å². The second-order valence-corrected chi connectivity index (χ2v) is 22.1. The molecule has 4 aliphatic rings. The molecule has 0 atom stereocenters. The second kappa shape index (κ2) is 22.9. The van der Waals surface area contributed by atoms with E-state index in [2.05, 4.69) is 29.6 Å². The first-order chi connectivity index (χ1) is 29.4. The Bertz CT molecular complexity index is 2060. The van der Waals surface area contributed by atoms with E-state index in [0.29, 0.717) is 19.0 Å². The number of carbonyl (C=O) groups excluding carboxylic acids is 3. The lowest BCUT2D eigenvalue weighted by atomic mass is 9.88. The highest BCUT2D eigenvalue weighted by Crippen LogP contribution is 2.33. The molecule has 2 aliphatic heterocycles. The van der Waals surface area contributed by atoms with E-state index in [1.807, 2.05) is 32.9 Å². The topological polar surface area (TPSA) is 111 Å². The second-order valence-electron chi connectivity index (χ2n) is 18.5. The van der Waals surface area contributed by atoms with Gasteiger partial charge < -0.3 is 15.0 Å². The van der Waals surface area contributed by atoms with Gasteiger partial charge >= 0.3 is 6.09 Å². The number of halogens is 3. The van der Waals surface area contributed by atoms with E-state index in [1.165, 1.54) is 35.4 Å². The minimum atomic E-state index is -0.492. The number of likely N-dealkylation sites (tertiary alicyclic amines) is 1. The van der Waals surface area contributed by atoms with E-state index in [4.69, 9.17) is 38.1 Å². The lowest BCUT2D eigenvalue weighted by Crippen LogP contribution is -2.41. The average Bonchev–Trinajstić information content (AvgIpc) is 4.09. The fourth-order valence-electron chi connectivity index (χ4n) is 9.34. The molecular weight excluding hydrogens is 883 g/mol. The van der Waals surface area contributed by atoms with Crippen molar-refractivity contribution in [3.63, 3.8) is 0 Å². The minimum absolute atomic E-state index is 0. The van der Waals surface area contributed by atoms with E-state index in [0.717, 1.165) is 134 Å². The molecule has 1 amide bonds. The Labute approximate surface area is 392 Å². The number of nitrogens with zero attached hydrogens (tertiary/aromatic N) is 5. The van der Waals surface area contributed by atoms with Crippen LogP contribution in [-0.2, 0) is 30.4 Å². The van der Waals surface area contributed by atoms with Crippen molar-refractivity contribution < 1.29 is 19.1 Å². The zero-order valence-corrected chi connectivity index (χ0v) is 40.6. The number of hydrogen-bond donors (Lipinski definition) is 1. The summed E-state index contributed by atoms with van der Waals surface area (Å²) in [7, 11) is 0. The van der Waals surface area contributed by atoms with Gasteiger partial charge in [-0.1, -0.05) is 61.7 Å². The van der Waals surface area contributed by atoms with Crippen LogP contribution in [0, 0.1) is 11.8 Å². The van der Waals surface area contributed by atoms with Crippen LogP contribution < -0.4 is 5.32 Å². The van der Waals surface area contributed by atoms with Gasteiger partial charge in [-0.25, -0.2) is 14.2 Å². The van der Waals surface area contributed by atoms with Crippen LogP contribution in [0.4, 0.5) is 4.79 Å². The molecule has 15 heteroatoms. The minimum Gasteiger partial charge on any atom is -0.444 e. The van der Waals surface area contributed by atoms with Crippen LogP contribution in [-0.4, -0.2) is 74.1 Å². The zero-order chi connectivity index (χ0) is 42.9. The third-order valence-corrected chi connectivity index (χ3v) is 15.3. The Balaban J connectivity index is 0.000000209. The third-order valence-electron chi connectivity index (χ3n) is 12.8. The molecule has 2 saturated heterocycles. The number of ether oxygens (including phenoxy) is 1. The molecule has 2 aliphatic carbocycles. The lowest BCUT2D eigenvalue weighted by Gasteiger charge is -2.32. The molecule has 1 N–H and O–H groups in total. The fraction of sp³-hybridized carbons (Fsp3) is 0.638. The third kappa shape index (κ3) is 13.4. The number of aryl methyl sites for hydroxylation is 4. The van der Waals surface area contributed by atoms with Crippen molar-refractivity contribution in [1.82, 2.24) is 29.8 Å². The maximum atomic E-state index is 13.4. The van der Waals surface area contributed by atoms with Crippen LogP contribution in [0.5, 0.6) is 0 Å². The predicted octanol–water partition coefficient (Wildman–Crippen LogP) is 12.2. The summed E-state index contributed by atoms with van der Waals surface area (Å²) in [5.74, 6) is 1.31. The van der Waals surface area contributed by atoms with Crippen LogP contribution in [0.1, 0.15) is 165 Å². The highest BCUT2D eigenvalue weighted by molar-refractivity contribution is 7.16. The van der Waals surface area contributed by atoms with Gasteiger partial charge in [0, 0.05) is 57.9 Å². The van der Waals surface area contributed by atoms with E-state index in [-0.39, 0.29) is 48.1 Å². The summed E-state index contributed by atoms with van der Waals surface area (Å²) in [5.41, 5.74) is 3.66. The maximum Gasteiger partial charge on any atom is 0.410 e. The van der Waals surface area contributed by atoms with Crippen LogP contribution in [0.25, 0.3) is 0 Å². The number of aromatic nitrogens is 4. The number of amides is 1. The van der Waals surface area contributed by atoms with Gasteiger partial charge in [0.15, 0.2) is 0 Å². The highest BCUT2D eigenvalue weighted by Gasteiger charge is 2.32. The first-order valence-electron chi connectivity index (χ1n) is 22.8. The molecule has 340 valence electrons. The molecule has 4 aromatic heterocycles. The molecule has 4 fully saturated rings. The van der Waals surface area contributed by atoms with E-state index < -0.39 is 5.60 Å². The molecule has 0 spiro atoms. The average molecular weight is 949 g/mol. The first-order valence-corrected chi connectivity index (χ1v) is 25.2. The summed E-state index contributed by atoms with van der Waals surface area (Å²) in [4.78, 5) is 43.3. The SMILES string of the molecule is CC(C)(C)OC(=O)N1CCC(c2cc(CCc3ccc(Cl)s3)n(C(=O)C3CCCCC3)n2)CC1.Cl.O=C(C1CCCCC1)n1nc(C2CCNCC2)cc1CCc1ccc(Cl)s1. The number of rotatable bonds is 10. The van der Waals surface area contributed by atoms with Crippen LogP contribution in [0.3, 0.4) is 0 Å². The van der Waals surface area contributed by atoms with Crippen molar-refractivity contribution in [2.45, 2.75) is 154 Å². The Morgan fingerprint density at radius 3 is 1.50 bits per heavy atom. The molecule has 0 unspecified atom stereocenters. The molecule has 10 nitrogen and oxygen atoms in total. The molecule has 0 bridgehead atoms. The zero-order valence-electron chi connectivity index (χ0n) is 36.7. The summed E-state index contributed by atoms with van der Waals surface area (Å²) >= 11 is 15.4. The molecule has 8 rings (SSSR count). The van der Waals surface area contributed by atoms with Crippen LogP contribution >= 0.6 is 58.3 Å².